The van der Waals surface area contributed by atoms with Crippen molar-refractivity contribution in [2.75, 3.05) is 39.4 Å². The molecule has 2 aliphatic rings. The van der Waals surface area contributed by atoms with E-state index in [1.54, 1.807) is 6.07 Å². The Hall–Kier alpha value is -1.99. The molecule has 0 saturated carbocycles. The maximum absolute atomic E-state index is 12.7. The molecule has 1 aromatic rings. The quantitative estimate of drug-likeness (QED) is 0.792. The number of halogens is 1. The number of amides is 1. The zero-order valence-corrected chi connectivity index (χ0v) is 16.2. The van der Waals surface area contributed by atoms with Crippen LogP contribution in [0.5, 0.6) is 11.5 Å². The maximum Gasteiger partial charge on any atom is 0.317 e. The van der Waals surface area contributed by atoms with Gasteiger partial charge in [0, 0.05) is 19.1 Å². The van der Waals surface area contributed by atoms with Crippen LogP contribution in [0.3, 0.4) is 0 Å². The van der Waals surface area contributed by atoms with Crippen molar-refractivity contribution in [2.45, 2.75) is 32.2 Å². The lowest BCUT2D eigenvalue weighted by Gasteiger charge is -2.37. The molecule has 2 aliphatic heterocycles. The van der Waals surface area contributed by atoms with Crippen LogP contribution < -0.4 is 9.47 Å². The fourth-order valence-corrected chi connectivity index (χ4v) is 3.99. The van der Waals surface area contributed by atoms with Gasteiger partial charge in [-0.05, 0) is 37.1 Å². The number of fused-ring (bicyclic) bond motifs is 1. The van der Waals surface area contributed by atoms with Crippen molar-refractivity contribution in [3.05, 3.63) is 22.7 Å². The number of nitrogens with zero attached hydrogens (tertiary/aromatic N) is 2. The summed E-state index contributed by atoms with van der Waals surface area (Å²) >= 11 is 6.24. The molecular weight excluding hydrogens is 372 g/mol. The standard InChI is InChI=1S/C19H25ClN2O5/c1-2-21(12-18(24)25)14-3-5-22(6-4-14)17(23)11-13-9-15(20)19-16(10-13)26-7-8-27-19/h9-10,14H,2-8,11-12H2,1H3,(H,24,25). The molecule has 27 heavy (non-hydrogen) atoms. The minimum atomic E-state index is -0.814. The van der Waals surface area contributed by atoms with Gasteiger partial charge in [0.2, 0.25) is 5.91 Å². The number of likely N-dealkylation sites (tertiary alicyclic amines) is 1. The SMILES string of the molecule is CCN(CC(=O)O)C1CCN(C(=O)Cc2cc(Cl)c3c(c2)OCCO3)CC1. The van der Waals surface area contributed by atoms with Gasteiger partial charge in [-0.3, -0.25) is 14.5 Å². The van der Waals surface area contributed by atoms with E-state index in [2.05, 4.69) is 0 Å². The van der Waals surface area contributed by atoms with Gasteiger partial charge in [0.1, 0.15) is 13.2 Å². The number of carboxylic acid groups (broad SMARTS) is 1. The van der Waals surface area contributed by atoms with Crippen LogP contribution >= 0.6 is 11.6 Å². The van der Waals surface area contributed by atoms with Gasteiger partial charge in [-0.15, -0.1) is 0 Å². The van der Waals surface area contributed by atoms with Gasteiger partial charge in [-0.25, -0.2) is 0 Å². The monoisotopic (exact) mass is 396 g/mol. The molecular formula is C19H25ClN2O5. The van der Waals surface area contributed by atoms with Gasteiger partial charge in [0.15, 0.2) is 11.5 Å². The summed E-state index contributed by atoms with van der Waals surface area (Å²) in [5.41, 5.74) is 0.803. The van der Waals surface area contributed by atoms with Gasteiger partial charge < -0.3 is 19.5 Å². The second kappa shape index (κ2) is 8.80. The Morgan fingerprint density at radius 2 is 1.96 bits per heavy atom. The lowest BCUT2D eigenvalue weighted by molar-refractivity contribution is -0.140. The van der Waals surface area contributed by atoms with E-state index in [-0.39, 0.29) is 24.9 Å². The summed E-state index contributed by atoms with van der Waals surface area (Å²) < 4.78 is 11.1. The van der Waals surface area contributed by atoms with Crippen LogP contribution in [-0.4, -0.2) is 72.2 Å². The van der Waals surface area contributed by atoms with Crippen molar-refractivity contribution in [3.8, 4) is 11.5 Å². The zero-order chi connectivity index (χ0) is 19.4. The summed E-state index contributed by atoms with van der Waals surface area (Å²) in [5, 5.41) is 9.48. The number of carboxylic acids is 1. The Morgan fingerprint density at radius 1 is 1.26 bits per heavy atom. The van der Waals surface area contributed by atoms with E-state index in [0.717, 1.165) is 18.4 Å². The summed E-state index contributed by atoms with van der Waals surface area (Å²) in [4.78, 5) is 27.5. The fraction of sp³-hybridized carbons (Fsp3) is 0.579. The predicted molar refractivity (Wildman–Crippen MR) is 101 cm³/mol. The molecule has 0 atom stereocenters. The lowest BCUT2D eigenvalue weighted by atomic mass is 10.0. The van der Waals surface area contributed by atoms with Gasteiger partial charge in [-0.1, -0.05) is 18.5 Å². The first kappa shape index (κ1) is 19.8. The molecule has 0 aliphatic carbocycles. The number of hydrogen-bond acceptors (Lipinski definition) is 5. The Balaban J connectivity index is 1.57. The van der Waals surface area contributed by atoms with Crippen molar-refractivity contribution >= 4 is 23.5 Å². The zero-order valence-electron chi connectivity index (χ0n) is 15.4. The molecule has 1 amide bonds. The Bertz CT molecular complexity index is 704. The highest BCUT2D eigenvalue weighted by Gasteiger charge is 2.27. The first-order chi connectivity index (χ1) is 13.0. The summed E-state index contributed by atoms with van der Waals surface area (Å²) in [5.74, 6) is 0.355. The highest BCUT2D eigenvalue weighted by molar-refractivity contribution is 6.32. The number of likely N-dealkylation sites (N-methyl/N-ethyl adjacent to an activating group) is 1. The van der Waals surface area contributed by atoms with Gasteiger partial charge in [-0.2, -0.15) is 0 Å². The van der Waals surface area contributed by atoms with Crippen LogP contribution in [0.4, 0.5) is 0 Å². The first-order valence-corrected chi connectivity index (χ1v) is 9.67. The molecule has 0 aromatic heterocycles. The Kier molecular flexibility index (Phi) is 6.44. The molecule has 7 nitrogen and oxygen atoms in total. The summed E-state index contributed by atoms with van der Waals surface area (Å²) in [6, 6.07) is 3.78. The lowest BCUT2D eigenvalue weighted by Crippen LogP contribution is -2.48. The van der Waals surface area contributed by atoms with Crippen LogP contribution in [0.2, 0.25) is 5.02 Å². The number of ether oxygens (including phenoxy) is 2. The minimum Gasteiger partial charge on any atom is -0.486 e. The molecule has 0 spiro atoms. The van der Waals surface area contributed by atoms with E-state index in [4.69, 9.17) is 26.2 Å². The van der Waals surface area contributed by atoms with Gasteiger partial charge in [0.25, 0.3) is 0 Å². The largest absolute Gasteiger partial charge is 0.486 e. The molecule has 1 saturated heterocycles. The van der Waals surface area contributed by atoms with Crippen LogP contribution in [0.1, 0.15) is 25.3 Å². The van der Waals surface area contributed by atoms with Crippen molar-refractivity contribution < 1.29 is 24.2 Å². The van der Waals surface area contributed by atoms with Crippen molar-refractivity contribution in [1.29, 1.82) is 0 Å². The average Bonchev–Trinajstić information content (AvgIpc) is 2.66. The number of carbonyl (C=O) groups is 2. The van der Waals surface area contributed by atoms with Crippen molar-refractivity contribution in [1.82, 2.24) is 9.80 Å². The minimum absolute atomic E-state index is 0.0440. The molecule has 2 heterocycles. The highest BCUT2D eigenvalue weighted by atomic mass is 35.5. The molecule has 0 unspecified atom stereocenters. The number of aliphatic carboxylic acids is 1. The van der Waals surface area contributed by atoms with Crippen molar-refractivity contribution in [3.63, 3.8) is 0 Å². The number of piperidine rings is 1. The molecule has 1 N–H and O–H groups in total. The summed E-state index contributed by atoms with van der Waals surface area (Å²) in [6.45, 7) is 4.92. The van der Waals surface area contributed by atoms with E-state index in [1.807, 2.05) is 22.8 Å². The number of rotatable bonds is 6. The molecule has 0 radical (unpaired) electrons. The third-order valence-corrected chi connectivity index (χ3v) is 5.37. The number of hydrogen-bond donors (Lipinski definition) is 1. The smallest absolute Gasteiger partial charge is 0.317 e. The second-order valence-electron chi connectivity index (χ2n) is 6.85. The topological polar surface area (TPSA) is 79.3 Å². The third-order valence-electron chi connectivity index (χ3n) is 5.09. The Morgan fingerprint density at radius 3 is 2.63 bits per heavy atom. The normalized spacial score (nSPS) is 17.2. The predicted octanol–water partition coefficient (Wildman–Crippen LogP) is 2.05. The van der Waals surface area contributed by atoms with Crippen LogP contribution in [0.15, 0.2) is 12.1 Å². The van der Waals surface area contributed by atoms with Gasteiger partial charge in [0.05, 0.1) is 18.0 Å². The van der Waals surface area contributed by atoms with Gasteiger partial charge >= 0.3 is 5.97 Å². The fourth-order valence-electron chi connectivity index (χ4n) is 3.71. The molecule has 148 valence electrons. The first-order valence-electron chi connectivity index (χ1n) is 9.29. The summed E-state index contributed by atoms with van der Waals surface area (Å²) in [7, 11) is 0. The van der Waals surface area contributed by atoms with Crippen molar-refractivity contribution in [2.24, 2.45) is 0 Å². The highest BCUT2D eigenvalue weighted by Crippen LogP contribution is 2.38. The maximum atomic E-state index is 12.7. The molecule has 0 bridgehead atoms. The molecule has 8 heteroatoms. The second-order valence-corrected chi connectivity index (χ2v) is 7.25. The summed E-state index contributed by atoms with van der Waals surface area (Å²) in [6.07, 6.45) is 1.83. The third kappa shape index (κ3) is 4.84. The van der Waals surface area contributed by atoms with E-state index < -0.39 is 5.97 Å². The number of benzene rings is 1. The molecule has 1 fully saturated rings. The van der Waals surface area contributed by atoms with E-state index in [1.165, 1.54) is 0 Å². The van der Waals surface area contributed by atoms with E-state index >= 15 is 0 Å². The average molecular weight is 397 g/mol. The number of carbonyl (C=O) groups excluding carboxylic acids is 1. The van der Waals surface area contributed by atoms with E-state index in [9.17, 15) is 9.59 Å². The molecule has 3 rings (SSSR count). The van der Waals surface area contributed by atoms with Crippen LogP contribution in [-0.2, 0) is 16.0 Å². The van der Waals surface area contributed by atoms with E-state index in [0.29, 0.717) is 49.4 Å². The van der Waals surface area contributed by atoms with Crippen LogP contribution in [0.25, 0.3) is 0 Å². The van der Waals surface area contributed by atoms with Crippen LogP contribution in [0, 0.1) is 0 Å². The molecule has 1 aromatic carbocycles. The Labute approximate surface area is 163 Å².